The fourth-order valence-corrected chi connectivity index (χ4v) is 0.993. The van der Waals surface area contributed by atoms with Gasteiger partial charge in [-0.25, -0.2) is 9.59 Å². The van der Waals surface area contributed by atoms with Crippen LogP contribution in [0.3, 0.4) is 0 Å². The Bertz CT molecular complexity index is 361. The molecule has 0 bridgehead atoms. The number of carbonyl (C=O) groups is 2. The van der Waals surface area contributed by atoms with Gasteiger partial charge < -0.3 is 5.73 Å². The minimum Gasteiger partial charge on any atom is -0.318 e. The Morgan fingerprint density at radius 1 is 1.20 bits per heavy atom. The standard InChI is InChI=1S/C5H7NO8S/c6-3-1-2-4(7)11-13-15(9,10)14-12-5(3)8/h3H,1-2,6H2. The summed E-state index contributed by atoms with van der Waals surface area (Å²) >= 11 is 0. The normalized spacial score (nSPS) is 27.7. The molecule has 9 nitrogen and oxygen atoms in total. The summed E-state index contributed by atoms with van der Waals surface area (Å²) in [5, 5.41) is 0. The molecule has 1 aliphatic rings. The molecule has 0 aromatic heterocycles. The van der Waals surface area contributed by atoms with E-state index in [4.69, 9.17) is 5.73 Å². The molecule has 1 unspecified atom stereocenters. The van der Waals surface area contributed by atoms with Crippen LogP contribution in [0.15, 0.2) is 0 Å². The molecule has 0 aromatic rings. The van der Waals surface area contributed by atoms with Gasteiger partial charge in [0.25, 0.3) is 0 Å². The summed E-state index contributed by atoms with van der Waals surface area (Å²) in [5.41, 5.74) is 5.22. The lowest BCUT2D eigenvalue weighted by Crippen LogP contribution is -2.34. The van der Waals surface area contributed by atoms with E-state index in [1.54, 1.807) is 0 Å². The predicted molar refractivity (Wildman–Crippen MR) is 40.5 cm³/mol. The van der Waals surface area contributed by atoms with Crippen LogP contribution in [0.4, 0.5) is 0 Å². The van der Waals surface area contributed by atoms with E-state index >= 15 is 0 Å². The van der Waals surface area contributed by atoms with Crippen molar-refractivity contribution in [1.82, 2.24) is 0 Å². The van der Waals surface area contributed by atoms with Gasteiger partial charge in [0.05, 0.1) is 6.42 Å². The van der Waals surface area contributed by atoms with Gasteiger partial charge in [-0.15, -0.1) is 0 Å². The summed E-state index contributed by atoms with van der Waals surface area (Å²) in [5.74, 6) is -2.12. The highest BCUT2D eigenvalue weighted by atomic mass is 32.3. The van der Waals surface area contributed by atoms with Crippen molar-refractivity contribution in [3.05, 3.63) is 0 Å². The molecule has 0 saturated carbocycles. The van der Waals surface area contributed by atoms with Gasteiger partial charge in [0.2, 0.25) is 0 Å². The van der Waals surface area contributed by atoms with E-state index in [-0.39, 0.29) is 12.8 Å². The fraction of sp³-hybridized carbons (Fsp3) is 0.600. The zero-order chi connectivity index (χ0) is 11.5. The second kappa shape index (κ2) is 4.53. The summed E-state index contributed by atoms with van der Waals surface area (Å²) in [7, 11) is -4.71. The van der Waals surface area contributed by atoms with Gasteiger partial charge in [-0.2, -0.15) is 8.42 Å². The molecule has 1 fully saturated rings. The lowest BCUT2D eigenvalue weighted by Gasteiger charge is -2.11. The molecule has 0 aliphatic carbocycles. The molecular formula is C5H7NO8S. The van der Waals surface area contributed by atoms with Crippen molar-refractivity contribution < 1.29 is 36.4 Å². The Labute approximate surface area is 84.2 Å². The van der Waals surface area contributed by atoms with Crippen molar-refractivity contribution in [3.8, 4) is 0 Å². The third kappa shape index (κ3) is 3.79. The Balaban J connectivity index is 2.73. The van der Waals surface area contributed by atoms with E-state index in [0.717, 1.165) is 0 Å². The van der Waals surface area contributed by atoms with Crippen molar-refractivity contribution in [2.45, 2.75) is 18.9 Å². The second-order valence-electron chi connectivity index (χ2n) is 2.55. The molecule has 0 amide bonds. The minimum atomic E-state index is -4.71. The number of hydrogen-bond donors (Lipinski definition) is 1. The van der Waals surface area contributed by atoms with Gasteiger partial charge in [-0.3, -0.25) is 9.78 Å². The molecule has 1 aliphatic heterocycles. The maximum atomic E-state index is 10.9. The molecule has 1 rings (SSSR count). The van der Waals surface area contributed by atoms with Crippen LogP contribution >= 0.6 is 0 Å². The van der Waals surface area contributed by atoms with Gasteiger partial charge in [-0.1, -0.05) is 0 Å². The summed E-state index contributed by atoms with van der Waals surface area (Å²) in [6.45, 7) is 0. The largest absolute Gasteiger partial charge is 0.471 e. The van der Waals surface area contributed by atoms with Crippen molar-refractivity contribution in [1.29, 1.82) is 0 Å². The van der Waals surface area contributed by atoms with Crippen molar-refractivity contribution in [2.24, 2.45) is 5.73 Å². The summed E-state index contributed by atoms with van der Waals surface area (Å²) in [6.07, 6.45) is -0.365. The first kappa shape index (κ1) is 11.8. The van der Waals surface area contributed by atoms with Crippen molar-refractivity contribution >= 4 is 22.3 Å². The van der Waals surface area contributed by atoms with Gasteiger partial charge in [0, 0.05) is 0 Å². The van der Waals surface area contributed by atoms with Gasteiger partial charge in [-0.05, 0) is 15.1 Å². The highest BCUT2D eigenvalue weighted by Crippen LogP contribution is 2.07. The van der Waals surface area contributed by atoms with E-state index in [0.29, 0.717) is 0 Å². The maximum Gasteiger partial charge on any atom is 0.471 e. The first-order valence-electron chi connectivity index (χ1n) is 3.70. The minimum absolute atomic E-state index is 0.0789. The zero-order valence-corrected chi connectivity index (χ0v) is 8.06. The van der Waals surface area contributed by atoms with Gasteiger partial charge in [0.1, 0.15) is 6.04 Å². The average Bonchev–Trinajstić information content (AvgIpc) is 2.18. The highest BCUT2D eigenvalue weighted by molar-refractivity contribution is 7.81. The van der Waals surface area contributed by atoms with Crippen LogP contribution in [-0.4, -0.2) is 26.4 Å². The quantitative estimate of drug-likeness (QED) is 0.493. The number of nitrogens with two attached hydrogens (primary N) is 1. The Kier molecular flexibility index (Phi) is 3.57. The van der Waals surface area contributed by atoms with Gasteiger partial charge >= 0.3 is 22.3 Å². The molecular weight excluding hydrogens is 234 g/mol. The average molecular weight is 241 g/mol. The monoisotopic (exact) mass is 241 g/mol. The lowest BCUT2D eigenvalue weighted by molar-refractivity contribution is -0.248. The summed E-state index contributed by atoms with van der Waals surface area (Å²) in [4.78, 5) is 29.3. The molecule has 0 spiro atoms. The molecule has 1 saturated heterocycles. The van der Waals surface area contributed by atoms with E-state index < -0.39 is 28.4 Å². The smallest absolute Gasteiger partial charge is 0.318 e. The molecule has 2 N–H and O–H groups in total. The van der Waals surface area contributed by atoms with Crippen LogP contribution in [0.5, 0.6) is 0 Å². The Morgan fingerprint density at radius 3 is 2.47 bits per heavy atom. The molecule has 10 heteroatoms. The van der Waals surface area contributed by atoms with Crippen LogP contribution in [-0.2, 0) is 38.4 Å². The van der Waals surface area contributed by atoms with Gasteiger partial charge in [0.15, 0.2) is 0 Å². The highest BCUT2D eigenvalue weighted by Gasteiger charge is 2.27. The topological polar surface area (TPSA) is 131 Å². The summed E-state index contributed by atoms with van der Waals surface area (Å²) in [6, 6.07) is -1.18. The molecule has 15 heavy (non-hydrogen) atoms. The second-order valence-corrected chi connectivity index (χ2v) is 3.64. The molecule has 1 heterocycles. The van der Waals surface area contributed by atoms with Crippen LogP contribution in [0.1, 0.15) is 12.8 Å². The molecule has 86 valence electrons. The van der Waals surface area contributed by atoms with Crippen LogP contribution in [0.2, 0.25) is 0 Å². The van der Waals surface area contributed by atoms with E-state index in [9.17, 15) is 18.0 Å². The number of hydrogen-bond acceptors (Lipinski definition) is 9. The van der Waals surface area contributed by atoms with Crippen LogP contribution in [0, 0.1) is 0 Å². The molecule has 0 radical (unpaired) electrons. The predicted octanol–water partition coefficient (Wildman–Crippen LogP) is -1.70. The zero-order valence-electron chi connectivity index (χ0n) is 7.24. The van der Waals surface area contributed by atoms with E-state index in [1.165, 1.54) is 0 Å². The fourth-order valence-electron chi connectivity index (χ4n) is 0.661. The van der Waals surface area contributed by atoms with Crippen LogP contribution < -0.4 is 5.73 Å². The first-order valence-corrected chi connectivity index (χ1v) is 5.03. The molecule has 1 atom stereocenters. The van der Waals surface area contributed by atoms with Crippen molar-refractivity contribution in [3.63, 3.8) is 0 Å². The van der Waals surface area contributed by atoms with Crippen LogP contribution in [0.25, 0.3) is 0 Å². The van der Waals surface area contributed by atoms with E-state index in [2.05, 4.69) is 18.4 Å². The first-order chi connectivity index (χ1) is 6.91. The molecule has 0 aromatic carbocycles. The third-order valence-electron chi connectivity index (χ3n) is 1.37. The number of carbonyl (C=O) groups excluding carboxylic acids is 2. The Morgan fingerprint density at radius 2 is 1.80 bits per heavy atom. The van der Waals surface area contributed by atoms with Crippen molar-refractivity contribution in [2.75, 3.05) is 0 Å². The third-order valence-corrected chi connectivity index (χ3v) is 1.84. The lowest BCUT2D eigenvalue weighted by atomic mass is 10.2. The van der Waals surface area contributed by atoms with E-state index in [1.807, 2.05) is 0 Å². The Hall–Kier alpha value is -1.23. The maximum absolute atomic E-state index is 10.9. The summed E-state index contributed by atoms with van der Waals surface area (Å²) < 4.78 is 28.5. The number of rotatable bonds is 0. The SMILES string of the molecule is NC1CCC(=O)OOS(=O)(=O)OOC1=O.